The zero-order valence-electron chi connectivity index (χ0n) is 9.18. The van der Waals surface area contributed by atoms with Gasteiger partial charge in [0.05, 0.1) is 16.8 Å². The van der Waals surface area contributed by atoms with E-state index in [0.29, 0.717) is 15.2 Å². The minimum atomic E-state index is -0.344. The predicted octanol–water partition coefficient (Wildman–Crippen LogP) is 1.50. The highest BCUT2D eigenvalue weighted by Crippen LogP contribution is 2.23. The van der Waals surface area contributed by atoms with Crippen LogP contribution in [0.1, 0.15) is 9.80 Å². The van der Waals surface area contributed by atoms with Gasteiger partial charge in [-0.3, -0.25) is 4.79 Å². The molecule has 1 aromatic heterocycles. The molecular weight excluding hydrogens is 243 g/mol. The van der Waals surface area contributed by atoms with Gasteiger partial charge in [0.15, 0.2) is 5.01 Å². The minimum Gasteiger partial charge on any atom is -0.395 e. The maximum Gasteiger partial charge on any atom is 0.282 e. The van der Waals surface area contributed by atoms with Crippen molar-refractivity contribution in [1.82, 2.24) is 9.88 Å². The average Bonchev–Trinajstić information content (AvgIpc) is 2.71. The molecule has 6 heteroatoms. The second kappa shape index (κ2) is 4.77. The molecule has 1 N–H and O–H groups in total. The van der Waals surface area contributed by atoms with Gasteiger partial charge in [-0.15, -0.1) is 11.3 Å². The molecule has 0 aliphatic carbocycles. The van der Waals surface area contributed by atoms with Gasteiger partial charge in [0.2, 0.25) is 0 Å². The summed E-state index contributed by atoms with van der Waals surface area (Å²) in [5, 5.41) is 9.06. The number of hydrogen-bond acceptors (Lipinski definition) is 4. The van der Waals surface area contributed by atoms with Crippen LogP contribution < -0.4 is 0 Å². The van der Waals surface area contributed by atoms with Crippen LogP contribution in [0, 0.1) is 5.82 Å². The number of aromatic nitrogens is 1. The summed E-state index contributed by atoms with van der Waals surface area (Å²) in [5.74, 6) is -0.607. The largest absolute Gasteiger partial charge is 0.395 e. The van der Waals surface area contributed by atoms with Gasteiger partial charge in [-0.1, -0.05) is 0 Å². The van der Waals surface area contributed by atoms with Gasteiger partial charge < -0.3 is 10.0 Å². The van der Waals surface area contributed by atoms with E-state index in [2.05, 4.69) is 4.98 Å². The molecule has 0 saturated heterocycles. The van der Waals surface area contributed by atoms with Crippen LogP contribution in [0.5, 0.6) is 0 Å². The van der Waals surface area contributed by atoms with Gasteiger partial charge in [0.25, 0.3) is 5.91 Å². The van der Waals surface area contributed by atoms with Crippen molar-refractivity contribution in [3.8, 4) is 0 Å². The van der Waals surface area contributed by atoms with E-state index in [4.69, 9.17) is 5.11 Å². The highest BCUT2D eigenvalue weighted by atomic mass is 32.1. The number of likely N-dealkylation sites (N-methyl/N-ethyl adjacent to an activating group) is 1. The zero-order valence-corrected chi connectivity index (χ0v) is 10.00. The van der Waals surface area contributed by atoms with Crippen molar-refractivity contribution in [2.75, 3.05) is 20.2 Å². The SMILES string of the molecule is CN(CCO)C(=O)c1nc2ccc(F)cc2s1. The molecule has 0 saturated carbocycles. The second-order valence-electron chi connectivity index (χ2n) is 3.58. The molecule has 2 rings (SSSR count). The summed E-state index contributed by atoms with van der Waals surface area (Å²) in [7, 11) is 1.59. The summed E-state index contributed by atoms with van der Waals surface area (Å²) in [6.07, 6.45) is 0. The van der Waals surface area contributed by atoms with Gasteiger partial charge in [-0.25, -0.2) is 9.37 Å². The van der Waals surface area contributed by atoms with Crippen LogP contribution in [0.25, 0.3) is 10.2 Å². The number of fused-ring (bicyclic) bond motifs is 1. The molecule has 2 aromatic rings. The molecule has 1 amide bonds. The molecular formula is C11H11FN2O2S. The van der Waals surface area contributed by atoms with E-state index in [-0.39, 0.29) is 24.9 Å². The Hall–Kier alpha value is -1.53. The molecule has 0 fully saturated rings. The zero-order chi connectivity index (χ0) is 12.4. The highest BCUT2D eigenvalue weighted by molar-refractivity contribution is 7.20. The fourth-order valence-electron chi connectivity index (χ4n) is 1.40. The smallest absolute Gasteiger partial charge is 0.282 e. The topological polar surface area (TPSA) is 53.4 Å². The Labute approximate surface area is 101 Å². The van der Waals surface area contributed by atoms with E-state index in [9.17, 15) is 9.18 Å². The van der Waals surface area contributed by atoms with Gasteiger partial charge in [0.1, 0.15) is 5.82 Å². The molecule has 1 aromatic carbocycles. The van der Waals surface area contributed by atoms with E-state index in [1.165, 1.54) is 17.0 Å². The summed E-state index contributed by atoms with van der Waals surface area (Å²) < 4.78 is 13.6. The van der Waals surface area contributed by atoms with Crippen LogP contribution in [-0.4, -0.2) is 41.1 Å². The van der Waals surface area contributed by atoms with Crippen LogP contribution in [0.3, 0.4) is 0 Å². The Morgan fingerprint density at radius 2 is 2.35 bits per heavy atom. The quantitative estimate of drug-likeness (QED) is 0.903. The number of nitrogens with zero attached hydrogens (tertiary/aromatic N) is 2. The summed E-state index contributed by atoms with van der Waals surface area (Å²) in [4.78, 5) is 17.4. The number of hydrogen-bond donors (Lipinski definition) is 1. The Bertz CT molecular complexity index is 555. The van der Waals surface area contributed by atoms with Gasteiger partial charge in [0, 0.05) is 13.6 Å². The van der Waals surface area contributed by atoms with Gasteiger partial charge in [-0.05, 0) is 18.2 Å². The van der Waals surface area contributed by atoms with Gasteiger partial charge in [-0.2, -0.15) is 0 Å². The number of rotatable bonds is 3. The summed E-state index contributed by atoms with van der Waals surface area (Å²) in [6, 6.07) is 4.22. The lowest BCUT2D eigenvalue weighted by molar-refractivity contribution is 0.0767. The second-order valence-corrected chi connectivity index (χ2v) is 4.61. The van der Waals surface area contributed by atoms with Crippen molar-refractivity contribution in [1.29, 1.82) is 0 Å². The number of carbonyl (C=O) groups excluding carboxylic acids is 1. The Balaban J connectivity index is 2.33. The lowest BCUT2D eigenvalue weighted by atomic mass is 10.3. The fraction of sp³-hybridized carbons (Fsp3) is 0.273. The molecule has 0 aliphatic heterocycles. The van der Waals surface area contributed by atoms with Crippen LogP contribution in [0.4, 0.5) is 4.39 Å². The van der Waals surface area contributed by atoms with Crippen molar-refractivity contribution >= 4 is 27.5 Å². The van der Waals surface area contributed by atoms with Crippen molar-refractivity contribution in [2.45, 2.75) is 0 Å². The fourth-order valence-corrected chi connectivity index (χ4v) is 2.39. The summed E-state index contributed by atoms with van der Waals surface area (Å²) in [6.45, 7) is 0.158. The lowest BCUT2D eigenvalue weighted by Gasteiger charge is -2.12. The molecule has 90 valence electrons. The first-order valence-electron chi connectivity index (χ1n) is 5.04. The van der Waals surface area contributed by atoms with Crippen LogP contribution >= 0.6 is 11.3 Å². The monoisotopic (exact) mass is 254 g/mol. The number of aliphatic hydroxyl groups excluding tert-OH is 1. The van der Waals surface area contributed by atoms with E-state index in [1.807, 2.05) is 0 Å². The van der Waals surface area contributed by atoms with E-state index in [1.54, 1.807) is 13.1 Å². The number of carbonyl (C=O) groups is 1. The maximum atomic E-state index is 13.0. The first-order chi connectivity index (χ1) is 8.11. The summed E-state index contributed by atoms with van der Waals surface area (Å²) in [5.41, 5.74) is 0.608. The average molecular weight is 254 g/mol. The lowest BCUT2D eigenvalue weighted by Crippen LogP contribution is -2.29. The number of aliphatic hydroxyl groups is 1. The third-order valence-corrected chi connectivity index (χ3v) is 3.32. The molecule has 17 heavy (non-hydrogen) atoms. The molecule has 1 heterocycles. The van der Waals surface area contributed by atoms with Crippen LogP contribution in [0.2, 0.25) is 0 Å². The first kappa shape index (κ1) is 11.9. The number of halogens is 1. The first-order valence-corrected chi connectivity index (χ1v) is 5.86. The maximum absolute atomic E-state index is 13.0. The standard InChI is InChI=1S/C11H11FN2O2S/c1-14(4-5-15)11(16)10-13-8-3-2-7(12)6-9(8)17-10/h2-3,6,15H,4-5H2,1H3. The third-order valence-electron chi connectivity index (χ3n) is 2.32. The molecule has 0 spiro atoms. The molecule has 0 unspecified atom stereocenters. The summed E-state index contributed by atoms with van der Waals surface area (Å²) >= 11 is 1.15. The Kier molecular flexibility index (Phi) is 3.35. The van der Waals surface area contributed by atoms with Crippen molar-refractivity contribution in [3.63, 3.8) is 0 Å². The normalized spacial score (nSPS) is 10.8. The van der Waals surface area contributed by atoms with Crippen molar-refractivity contribution < 1.29 is 14.3 Å². The molecule has 0 radical (unpaired) electrons. The van der Waals surface area contributed by atoms with E-state index >= 15 is 0 Å². The number of thiazole rings is 1. The Morgan fingerprint density at radius 1 is 1.59 bits per heavy atom. The van der Waals surface area contributed by atoms with Crippen molar-refractivity contribution in [3.05, 3.63) is 29.0 Å². The Morgan fingerprint density at radius 3 is 3.06 bits per heavy atom. The molecule has 0 aliphatic rings. The molecule has 0 atom stereocenters. The number of amides is 1. The molecule has 4 nitrogen and oxygen atoms in total. The minimum absolute atomic E-state index is 0.0955. The van der Waals surface area contributed by atoms with Crippen LogP contribution in [-0.2, 0) is 0 Å². The predicted molar refractivity (Wildman–Crippen MR) is 63.6 cm³/mol. The van der Waals surface area contributed by atoms with E-state index in [0.717, 1.165) is 11.3 Å². The van der Waals surface area contributed by atoms with Crippen molar-refractivity contribution in [2.24, 2.45) is 0 Å². The number of benzene rings is 1. The highest BCUT2D eigenvalue weighted by Gasteiger charge is 2.16. The van der Waals surface area contributed by atoms with Gasteiger partial charge >= 0.3 is 0 Å². The molecule has 0 bridgehead atoms. The third kappa shape index (κ3) is 2.42. The van der Waals surface area contributed by atoms with E-state index < -0.39 is 0 Å². The van der Waals surface area contributed by atoms with Crippen LogP contribution in [0.15, 0.2) is 18.2 Å².